The first-order valence-corrected chi connectivity index (χ1v) is 8.68. The van der Waals surface area contributed by atoms with Crippen molar-refractivity contribution in [1.29, 1.82) is 0 Å². The Balaban J connectivity index is 1.56. The minimum absolute atomic E-state index is 0.289. The van der Waals surface area contributed by atoms with E-state index in [0.717, 1.165) is 35.6 Å². The van der Waals surface area contributed by atoms with E-state index in [-0.39, 0.29) is 11.6 Å². The molecule has 5 nitrogen and oxygen atoms in total. The Hall–Kier alpha value is -3.02. The number of nitrogens with zero attached hydrogens (tertiary/aromatic N) is 4. The Labute approximate surface area is 151 Å². The summed E-state index contributed by atoms with van der Waals surface area (Å²) in [5.41, 5.74) is 3.70. The summed E-state index contributed by atoms with van der Waals surface area (Å²) in [6, 6.07) is 10.8. The molecule has 0 unspecified atom stereocenters. The van der Waals surface area contributed by atoms with Gasteiger partial charge in [-0.25, -0.2) is 14.4 Å². The van der Waals surface area contributed by atoms with Gasteiger partial charge in [0.25, 0.3) is 0 Å². The number of hydrogen-bond acceptors (Lipinski definition) is 5. The lowest BCUT2D eigenvalue weighted by Crippen LogP contribution is -2.31. The number of fused-ring (bicyclic) bond motifs is 1. The van der Waals surface area contributed by atoms with Gasteiger partial charge in [-0.15, -0.1) is 0 Å². The molecule has 0 saturated heterocycles. The topological polar surface area (TPSA) is 51.1 Å². The summed E-state index contributed by atoms with van der Waals surface area (Å²) in [6.45, 7) is 3.72. The molecular weight excluding hydrogens is 331 g/mol. The Morgan fingerprint density at radius 3 is 2.88 bits per heavy atom. The van der Waals surface area contributed by atoms with Gasteiger partial charge in [-0.05, 0) is 31.2 Å². The normalized spacial score (nSPS) is 13.4. The first kappa shape index (κ1) is 16.4. The van der Waals surface area contributed by atoms with Gasteiger partial charge in [-0.2, -0.15) is 0 Å². The van der Waals surface area contributed by atoms with Gasteiger partial charge in [-0.1, -0.05) is 6.07 Å². The fraction of sp³-hybridized carbons (Fsp3) is 0.250. The van der Waals surface area contributed by atoms with Crippen molar-refractivity contribution < 1.29 is 9.13 Å². The summed E-state index contributed by atoms with van der Waals surface area (Å²) in [6.07, 6.45) is 4.37. The molecule has 0 bridgehead atoms. The van der Waals surface area contributed by atoms with E-state index in [1.165, 1.54) is 6.07 Å². The molecule has 1 aromatic carbocycles. The Bertz CT molecular complexity index is 917. The first-order valence-electron chi connectivity index (χ1n) is 8.68. The minimum atomic E-state index is -0.336. The summed E-state index contributed by atoms with van der Waals surface area (Å²) in [7, 11) is 0. The fourth-order valence-corrected chi connectivity index (χ4v) is 3.11. The molecule has 0 N–H and O–H groups in total. The lowest BCUT2D eigenvalue weighted by Gasteiger charge is -2.30. The van der Waals surface area contributed by atoms with Crippen molar-refractivity contribution in [2.24, 2.45) is 0 Å². The Morgan fingerprint density at radius 1 is 1.19 bits per heavy atom. The molecule has 0 fully saturated rings. The number of hydrogen-bond donors (Lipinski definition) is 0. The number of anilines is 1. The molecule has 6 heteroatoms. The van der Waals surface area contributed by atoms with Gasteiger partial charge in [0.1, 0.15) is 5.69 Å². The maximum absolute atomic E-state index is 14.1. The van der Waals surface area contributed by atoms with Crippen LogP contribution in [0, 0.1) is 5.82 Å². The summed E-state index contributed by atoms with van der Waals surface area (Å²) in [5, 5.41) is 0. The third-order valence-corrected chi connectivity index (χ3v) is 4.41. The van der Waals surface area contributed by atoms with Gasteiger partial charge in [-0.3, -0.25) is 4.98 Å². The van der Waals surface area contributed by atoms with Gasteiger partial charge >= 0.3 is 0 Å². The van der Waals surface area contributed by atoms with Crippen LogP contribution in [0.25, 0.3) is 11.5 Å². The van der Waals surface area contributed by atoms with Crippen molar-refractivity contribution in [3.8, 4) is 17.3 Å². The van der Waals surface area contributed by atoms with Gasteiger partial charge in [0.2, 0.25) is 0 Å². The van der Waals surface area contributed by atoms with E-state index < -0.39 is 0 Å². The van der Waals surface area contributed by atoms with Gasteiger partial charge in [0, 0.05) is 49.2 Å². The van der Waals surface area contributed by atoms with Crippen LogP contribution in [-0.2, 0) is 13.0 Å². The highest BCUT2D eigenvalue weighted by molar-refractivity contribution is 5.53. The fourth-order valence-electron chi connectivity index (χ4n) is 3.11. The van der Waals surface area contributed by atoms with Crippen molar-refractivity contribution in [2.75, 3.05) is 18.1 Å². The zero-order valence-electron chi connectivity index (χ0n) is 14.5. The van der Waals surface area contributed by atoms with Crippen LogP contribution in [0.4, 0.5) is 10.1 Å². The van der Waals surface area contributed by atoms with Crippen molar-refractivity contribution in [1.82, 2.24) is 15.0 Å². The lowest BCUT2D eigenvalue weighted by atomic mass is 10.1. The average Bonchev–Trinajstić information content (AvgIpc) is 2.69. The van der Waals surface area contributed by atoms with Gasteiger partial charge < -0.3 is 9.64 Å². The van der Waals surface area contributed by atoms with E-state index in [9.17, 15) is 4.39 Å². The SMILES string of the molecule is CCOc1ccc(N2CCc3nc(-c4ccccn4)ncc3C2)cc1F. The molecular formula is C20H19FN4O. The lowest BCUT2D eigenvalue weighted by molar-refractivity contribution is 0.321. The van der Waals surface area contributed by atoms with Crippen molar-refractivity contribution in [3.05, 3.63) is 65.9 Å². The molecule has 1 aliphatic heterocycles. The minimum Gasteiger partial charge on any atom is -0.491 e. The van der Waals surface area contributed by atoms with E-state index in [4.69, 9.17) is 4.74 Å². The highest BCUT2D eigenvalue weighted by atomic mass is 19.1. The second-order valence-corrected chi connectivity index (χ2v) is 6.10. The number of aromatic nitrogens is 3. The monoisotopic (exact) mass is 350 g/mol. The predicted octanol–water partition coefficient (Wildman–Crippen LogP) is 3.64. The standard InChI is InChI=1S/C20H19FN4O/c1-2-26-19-7-6-15(11-16(19)21)25-10-8-17-14(13-25)12-23-20(24-17)18-5-3-4-9-22-18/h3-7,9,11-12H,2,8,10,13H2,1H3. The van der Waals surface area contributed by atoms with Crippen LogP contribution in [0.5, 0.6) is 5.75 Å². The number of benzene rings is 1. The van der Waals surface area contributed by atoms with E-state index >= 15 is 0 Å². The maximum Gasteiger partial charge on any atom is 0.178 e. The highest BCUT2D eigenvalue weighted by Gasteiger charge is 2.20. The van der Waals surface area contributed by atoms with Crippen LogP contribution in [0.2, 0.25) is 0 Å². The molecule has 1 aliphatic rings. The second-order valence-electron chi connectivity index (χ2n) is 6.10. The van der Waals surface area contributed by atoms with Gasteiger partial charge in [0.05, 0.1) is 12.3 Å². The number of pyridine rings is 1. The molecule has 0 amide bonds. The van der Waals surface area contributed by atoms with Crippen molar-refractivity contribution >= 4 is 5.69 Å². The second kappa shape index (κ2) is 7.07. The third kappa shape index (κ3) is 3.22. The Morgan fingerprint density at radius 2 is 2.12 bits per heavy atom. The van der Waals surface area contributed by atoms with E-state index in [0.29, 0.717) is 19.0 Å². The van der Waals surface area contributed by atoms with Crippen LogP contribution in [0.3, 0.4) is 0 Å². The van der Waals surface area contributed by atoms with E-state index in [1.54, 1.807) is 12.3 Å². The molecule has 0 aliphatic carbocycles. The summed E-state index contributed by atoms with van der Waals surface area (Å²) in [5.74, 6) is 0.596. The summed E-state index contributed by atoms with van der Waals surface area (Å²) in [4.78, 5) is 15.6. The van der Waals surface area contributed by atoms with E-state index in [1.807, 2.05) is 37.4 Å². The zero-order valence-corrected chi connectivity index (χ0v) is 14.5. The molecule has 132 valence electrons. The predicted molar refractivity (Wildman–Crippen MR) is 97.6 cm³/mol. The van der Waals surface area contributed by atoms with Gasteiger partial charge in [0.15, 0.2) is 17.4 Å². The third-order valence-electron chi connectivity index (χ3n) is 4.41. The summed E-state index contributed by atoms with van der Waals surface area (Å²) >= 11 is 0. The van der Waals surface area contributed by atoms with E-state index in [2.05, 4.69) is 19.9 Å². The van der Waals surface area contributed by atoms with Crippen LogP contribution < -0.4 is 9.64 Å². The van der Waals surface area contributed by atoms with Crippen molar-refractivity contribution in [2.45, 2.75) is 19.9 Å². The quantitative estimate of drug-likeness (QED) is 0.719. The molecule has 3 aromatic rings. The maximum atomic E-state index is 14.1. The number of ether oxygens (including phenoxy) is 1. The van der Waals surface area contributed by atoms with Crippen LogP contribution in [-0.4, -0.2) is 28.1 Å². The number of rotatable bonds is 4. The number of halogens is 1. The smallest absolute Gasteiger partial charge is 0.178 e. The van der Waals surface area contributed by atoms with Crippen LogP contribution in [0.15, 0.2) is 48.8 Å². The average molecular weight is 350 g/mol. The highest BCUT2D eigenvalue weighted by Crippen LogP contribution is 2.28. The van der Waals surface area contributed by atoms with Crippen LogP contribution >= 0.6 is 0 Å². The summed E-state index contributed by atoms with van der Waals surface area (Å²) < 4.78 is 19.4. The molecule has 0 radical (unpaired) electrons. The van der Waals surface area contributed by atoms with Crippen molar-refractivity contribution in [3.63, 3.8) is 0 Å². The molecule has 0 saturated carbocycles. The largest absolute Gasteiger partial charge is 0.491 e. The molecule has 2 aromatic heterocycles. The molecule has 26 heavy (non-hydrogen) atoms. The molecule has 0 spiro atoms. The molecule has 4 rings (SSSR count). The zero-order chi connectivity index (χ0) is 17.9. The van der Waals surface area contributed by atoms with Crippen LogP contribution in [0.1, 0.15) is 18.2 Å². The molecule has 3 heterocycles. The first-order chi connectivity index (χ1) is 12.7. The molecule has 0 atom stereocenters. The Kier molecular flexibility index (Phi) is 4.48.